The van der Waals surface area contributed by atoms with E-state index in [1.165, 1.54) is 24.6 Å². The molecular weight excluding hydrogens is 370 g/mol. The lowest BCUT2D eigenvalue weighted by atomic mass is 9.95. The molecule has 2 N–H and O–H groups in total. The molecule has 0 radical (unpaired) electrons. The number of benzene rings is 2. The van der Waals surface area contributed by atoms with E-state index in [1.807, 2.05) is 0 Å². The van der Waals surface area contributed by atoms with Gasteiger partial charge < -0.3 is 19.7 Å². The van der Waals surface area contributed by atoms with Crippen LogP contribution in [0.5, 0.6) is 11.5 Å². The number of sulfonamides is 1. The van der Waals surface area contributed by atoms with Crippen molar-refractivity contribution >= 4 is 10.0 Å². The molecule has 2 aromatic rings. The standard InChI is InChI=1S/C19H23NO6S/c1-25-14-9-13(10-15(12-14)26-2)11-17-19(22)16-5-3-4-6-18(16)27(23,24)20(17)7-8-21/h3-6,9-10,12,17,19,21-22H,7-8,11H2,1-2H3. The molecule has 0 aromatic heterocycles. The van der Waals surface area contributed by atoms with Gasteiger partial charge in [0.2, 0.25) is 10.0 Å². The van der Waals surface area contributed by atoms with E-state index < -0.39 is 22.2 Å². The molecule has 0 saturated carbocycles. The molecule has 146 valence electrons. The van der Waals surface area contributed by atoms with Crippen LogP contribution in [0.4, 0.5) is 0 Å². The average molecular weight is 393 g/mol. The van der Waals surface area contributed by atoms with Gasteiger partial charge in [0.25, 0.3) is 0 Å². The summed E-state index contributed by atoms with van der Waals surface area (Å²) < 4.78 is 37.8. The van der Waals surface area contributed by atoms with E-state index in [0.29, 0.717) is 17.1 Å². The summed E-state index contributed by atoms with van der Waals surface area (Å²) in [4.78, 5) is 0.0745. The van der Waals surface area contributed by atoms with Gasteiger partial charge in [0, 0.05) is 18.2 Å². The fourth-order valence-electron chi connectivity index (χ4n) is 3.45. The number of aliphatic hydroxyl groups excluding tert-OH is 2. The number of methoxy groups -OCH3 is 2. The van der Waals surface area contributed by atoms with Gasteiger partial charge in [0.15, 0.2) is 0 Å². The Morgan fingerprint density at radius 3 is 2.30 bits per heavy atom. The smallest absolute Gasteiger partial charge is 0.243 e. The highest BCUT2D eigenvalue weighted by atomic mass is 32.2. The maximum absolute atomic E-state index is 13.0. The normalized spacial score (nSPS) is 21.5. The monoisotopic (exact) mass is 393 g/mol. The third-order valence-corrected chi connectivity index (χ3v) is 6.73. The molecule has 2 atom stereocenters. The van der Waals surface area contributed by atoms with Gasteiger partial charge in [-0.2, -0.15) is 4.31 Å². The number of hydrogen-bond donors (Lipinski definition) is 2. The maximum atomic E-state index is 13.0. The zero-order valence-corrected chi connectivity index (χ0v) is 16.0. The SMILES string of the molecule is COc1cc(CC2C(O)c3ccccc3S(=O)(=O)N2CCO)cc(OC)c1. The second-order valence-corrected chi connectivity index (χ2v) is 8.17. The van der Waals surface area contributed by atoms with Gasteiger partial charge in [-0.3, -0.25) is 0 Å². The van der Waals surface area contributed by atoms with Crippen LogP contribution in [0.15, 0.2) is 47.4 Å². The van der Waals surface area contributed by atoms with Crippen LogP contribution in [0.2, 0.25) is 0 Å². The highest BCUT2D eigenvalue weighted by molar-refractivity contribution is 7.89. The molecule has 0 fully saturated rings. The quantitative estimate of drug-likeness (QED) is 0.769. The number of ether oxygens (including phenoxy) is 2. The Balaban J connectivity index is 2.05. The van der Waals surface area contributed by atoms with E-state index >= 15 is 0 Å². The number of fused-ring (bicyclic) bond motifs is 1. The largest absolute Gasteiger partial charge is 0.497 e. The third-order valence-electron chi connectivity index (χ3n) is 4.74. The Kier molecular flexibility index (Phi) is 5.71. The molecule has 1 heterocycles. The summed E-state index contributed by atoms with van der Waals surface area (Å²) in [5.41, 5.74) is 1.12. The summed E-state index contributed by atoms with van der Waals surface area (Å²) in [5.74, 6) is 1.15. The fourth-order valence-corrected chi connectivity index (χ4v) is 5.31. The summed E-state index contributed by atoms with van der Waals surface area (Å²) in [6, 6.07) is 10.9. The van der Waals surface area contributed by atoms with Crippen molar-refractivity contribution in [1.29, 1.82) is 0 Å². The number of aliphatic hydroxyl groups is 2. The molecule has 27 heavy (non-hydrogen) atoms. The Hall–Kier alpha value is -2.13. The molecule has 1 aliphatic rings. The van der Waals surface area contributed by atoms with E-state index in [4.69, 9.17) is 9.47 Å². The highest BCUT2D eigenvalue weighted by Crippen LogP contribution is 2.38. The van der Waals surface area contributed by atoms with Crippen molar-refractivity contribution in [3.63, 3.8) is 0 Å². The number of hydrogen-bond acceptors (Lipinski definition) is 6. The Labute approximate surface area is 158 Å². The van der Waals surface area contributed by atoms with Crippen LogP contribution in [0.3, 0.4) is 0 Å². The number of rotatable bonds is 6. The third kappa shape index (κ3) is 3.66. The second kappa shape index (κ2) is 7.85. The zero-order chi connectivity index (χ0) is 19.6. The summed E-state index contributed by atoms with van der Waals surface area (Å²) in [6.07, 6.45) is -0.782. The van der Waals surface area contributed by atoms with E-state index in [1.54, 1.807) is 36.4 Å². The first-order valence-corrected chi connectivity index (χ1v) is 9.98. The topological polar surface area (TPSA) is 96.3 Å². The molecule has 7 nitrogen and oxygen atoms in total. The second-order valence-electron chi connectivity index (χ2n) is 6.31. The van der Waals surface area contributed by atoms with E-state index in [2.05, 4.69) is 0 Å². The van der Waals surface area contributed by atoms with Gasteiger partial charge in [0.1, 0.15) is 11.5 Å². The van der Waals surface area contributed by atoms with Crippen molar-refractivity contribution in [1.82, 2.24) is 4.31 Å². The Bertz CT molecular complexity index is 892. The zero-order valence-electron chi connectivity index (χ0n) is 15.2. The van der Waals surface area contributed by atoms with Crippen molar-refractivity contribution in [3.8, 4) is 11.5 Å². The molecule has 2 aromatic carbocycles. The van der Waals surface area contributed by atoms with E-state index in [-0.39, 0.29) is 24.5 Å². The molecule has 0 amide bonds. The number of β-amino-alcohol motifs (C(OH)–C–C–N with tert-alkyl or cyclic N) is 1. The van der Waals surface area contributed by atoms with E-state index in [9.17, 15) is 18.6 Å². The summed E-state index contributed by atoms with van der Waals surface area (Å²) >= 11 is 0. The molecule has 3 rings (SSSR count). The first-order chi connectivity index (χ1) is 12.9. The average Bonchev–Trinajstić information content (AvgIpc) is 2.68. The predicted molar refractivity (Wildman–Crippen MR) is 99.4 cm³/mol. The van der Waals surface area contributed by atoms with Crippen molar-refractivity contribution in [2.75, 3.05) is 27.4 Å². The van der Waals surface area contributed by atoms with Crippen LogP contribution in [0.25, 0.3) is 0 Å². The minimum Gasteiger partial charge on any atom is -0.497 e. The van der Waals surface area contributed by atoms with Crippen molar-refractivity contribution in [2.45, 2.75) is 23.5 Å². The molecule has 8 heteroatoms. The Morgan fingerprint density at radius 1 is 1.07 bits per heavy atom. The first-order valence-electron chi connectivity index (χ1n) is 8.54. The minimum atomic E-state index is -3.83. The van der Waals surface area contributed by atoms with Crippen LogP contribution in [-0.4, -0.2) is 56.3 Å². The van der Waals surface area contributed by atoms with E-state index in [0.717, 1.165) is 5.56 Å². The first kappa shape index (κ1) is 19.6. The van der Waals surface area contributed by atoms with Crippen LogP contribution in [0.1, 0.15) is 17.2 Å². The van der Waals surface area contributed by atoms with Crippen molar-refractivity contribution < 1.29 is 28.1 Å². The molecule has 0 bridgehead atoms. The van der Waals surface area contributed by atoms with Gasteiger partial charge in [-0.25, -0.2) is 8.42 Å². The highest BCUT2D eigenvalue weighted by Gasteiger charge is 2.43. The predicted octanol–water partition coefficient (Wildman–Crippen LogP) is 1.35. The molecule has 0 aliphatic carbocycles. The van der Waals surface area contributed by atoms with Crippen LogP contribution in [0, 0.1) is 0 Å². The maximum Gasteiger partial charge on any atom is 0.243 e. The lowest BCUT2D eigenvalue weighted by Crippen LogP contribution is -2.50. The molecule has 1 aliphatic heterocycles. The van der Waals surface area contributed by atoms with Crippen molar-refractivity contribution in [2.24, 2.45) is 0 Å². The number of nitrogens with zero attached hydrogens (tertiary/aromatic N) is 1. The molecule has 2 unspecified atom stereocenters. The van der Waals surface area contributed by atoms with Crippen molar-refractivity contribution in [3.05, 3.63) is 53.6 Å². The lowest BCUT2D eigenvalue weighted by molar-refractivity contribution is 0.0724. The lowest BCUT2D eigenvalue weighted by Gasteiger charge is -2.39. The van der Waals surface area contributed by atoms with Gasteiger partial charge in [-0.15, -0.1) is 0 Å². The fraction of sp³-hybridized carbons (Fsp3) is 0.368. The molecular formula is C19H23NO6S. The summed E-state index contributed by atoms with van der Waals surface area (Å²) in [7, 11) is -0.759. The Morgan fingerprint density at radius 2 is 1.70 bits per heavy atom. The molecule has 0 saturated heterocycles. The van der Waals surface area contributed by atoms with Gasteiger partial charge >= 0.3 is 0 Å². The van der Waals surface area contributed by atoms with Gasteiger partial charge in [0.05, 0.1) is 37.9 Å². The molecule has 0 spiro atoms. The summed E-state index contributed by atoms with van der Waals surface area (Å²) in [6.45, 7) is -0.439. The van der Waals surface area contributed by atoms with Crippen LogP contribution in [-0.2, 0) is 16.4 Å². The van der Waals surface area contributed by atoms with Crippen LogP contribution < -0.4 is 9.47 Å². The van der Waals surface area contributed by atoms with Gasteiger partial charge in [-0.05, 0) is 30.2 Å². The minimum absolute atomic E-state index is 0.0745. The van der Waals surface area contributed by atoms with Gasteiger partial charge in [-0.1, -0.05) is 18.2 Å². The van der Waals surface area contributed by atoms with Crippen LogP contribution >= 0.6 is 0 Å². The summed E-state index contributed by atoms with van der Waals surface area (Å²) in [5, 5.41) is 20.3.